The number of hydrogen-bond acceptors (Lipinski definition) is 6. The number of fused-ring (bicyclic) bond motifs is 2. The number of ether oxygens (including phenoxy) is 2. The van der Waals surface area contributed by atoms with Crippen molar-refractivity contribution in [2.75, 3.05) is 5.32 Å². The van der Waals surface area contributed by atoms with E-state index in [0.29, 0.717) is 6.92 Å². The van der Waals surface area contributed by atoms with Gasteiger partial charge in [0.2, 0.25) is 5.91 Å². The molecule has 0 spiro atoms. The van der Waals surface area contributed by atoms with E-state index in [1.54, 1.807) is 0 Å². The predicted octanol–water partition coefficient (Wildman–Crippen LogP) is 1.17. The Morgan fingerprint density at radius 3 is 2.61 bits per heavy atom. The molecule has 1 atom stereocenters. The van der Waals surface area contributed by atoms with Crippen LogP contribution in [0.2, 0.25) is 0 Å². The van der Waals surface area contributed by atoms with Gasteiger partial charge in [-0.25, -0.2) is 14.5 Å². The Labute approximate surface area is 171 Å². The van der Waals surface area contributed by atoms with Crippen molar-refractivity contribution >= 4 is 22.8 Å². The standard InChI is InChI=1S/C18H16F3N5O5/c1-17(19)30-11-6-9(4-5-10(11)18(20,21)31-17)23-12(27)7-26-8-22-14-13(26)15(28)25(3)16(29)24(14)2/h4-6,8H,7H2,1-3H3,(H,23,27). The summed E-state index contributed by atoms with van der Waals surface area (Å²) in [4.78, 5) is 40.9. The van der Waals surface area contributed by atoms with Crippen molar-refractivity contribution in [3.8, 4) is 5.75 Å². The summed E-state index contributed by atoms with van der Waals surface area (Å²) in [5.74, 6) is -1.12. The molecule has 1 amide bonds. The maximum Gasteiger partial charge on any atom is 0.391 e. The molecular weight excluding hydrogens is 423 g/mol. The van der Waals surface area contributed by atoms with Crippen LogP contribution in [0.1, 0.15) is 12.5 Å². The third-order valence-electron chi connectivity index (χ3n) is 4.71. The van der Waals surface area contributed by atoms with Crippen LogP contribution < -0.4 is 21.3 Å². The average Bonchev–Trinajstić information content (AvgIpc) is 3.06. The highest BCUT2D eigenvalue weighted by molar-refractivity contribution is 5.91. The van der Waals surface area contributed by atoms with Gasteiger partial charge in [0.25, 0.3) is 5.56 Å². The van der Waals surface area contributed by atoms with Crippen LogP contribution in [0.15, 0.2) is 34.1 Å². The molecule has 164 valence electrons. The summed E-state index contributed by atoms with van der Waals surface area (Å²) in [5, 5.41) is 2.46. The van der Waals surface area contributed by atoms with Crippen molar-refractivity contribution in [1.29, 1.82) is 0 Å². The molecule has 1 N–H and O–H groups in total. The van der Waals surface area contributed by atoms with E-state index in [-0.39, 0.29) is 23.4 Å². The summed E-state index contributed by atoms with van der Waals surface area (Å²) in [6.45, 7) is 0.328. The molecule has 4 rings (SSSR count). The van der Waals surface area contributed by atoms with Gasteiger partial charge in [0, 0.05) is 32.8 Å². The van der Waals surface area contributed by atoms with Crippen LogP contribution in [-0.2, 0) is 36.3 Å². The van der Waals surface area contributed by atoms with E-state index >= 15 is 0 Å². The van der Waals surface area contributed by atoms with E-state index in [2.05, 4.69) is 15.0 Å². The van der Waals surface area contributed by atoms with E-state index in [4.69, 9.17) is 4.74 Å². The first-order chi connectivity index (χ1) is 14.4. The predicted molar refractivity (Wildman–Crippen MR) is 100 cm³/mol. The largest absolute Gasteiger partial charge is 0.435 e. The fourth-order valence-corrected chi connectivity index (χ4v) is 3.30. The number of halogens is 3. The maximum atomic E-state index is 13.9. The number of nitrogens with one attached hydrogen (secondary N) is 1. The van der Waals surface area contributed by atoms with Gasteiger partial charge in [0.15, 0.2) is 11.2 Å². The first-order valence-electron chi connectivity index (χ1n) is 8.91. The highest BCUT2D eigenvalue weighted by Crippen LogP contribution is 2.46. The number of aromatic nitrogens is 4. The van der Waals surface area contributed by atoms with E-state index < -0.39 is 40.6 Å². The molecule has 1 aliphatic rings. The summed E-state index contributed by atoms with van der Waals surface area (Å²) < 4.78 is 53.8. The molecule has 0 saturated heterocycles. The first-order valence-corrected chi connectivity index (χ1v) is 8.91. The second-order valence-electron chi connectivity index (χ2n) is 7.07. The number of rotatable bonds is 3. The minimum Gasteiger partial charge on any atom is -0.435 e. The quantitative estimate of drug-likeness (QED) is 0.656. The van der Waals surface area contributed by atoms with Crippen molar-refractivity contribution in [1.82, 2.24) is 18.7 Å². The van der Waals surface area contributed by atoms with Crippen LogP contribution in [0.3, 0.4) is 0 Å². The van der Waals surface area contributed by atoms with Gasteiger partial charge in [0.1, 0.15) is 12.3 Å². The van der Waals surface area contributed by atoms with Crippen LogP contribution in [0.5, 0.6) is 5.75 Å². The van der Waals surface area contributed by atoms with Crippen molar-refractivity contribution in [3.63, 3.8) is 0 Å². The van der Waals surface area contributed by atoms with Crippen molar-refractivity contribution in [2.24, 2.45) is 14.1 Å². The molecule has 3 heterocycles. The minimum absolute atomic E-state index is 0.0403. The SMILES string of the molecule is Cn1c(=O)c2c(ncn2CC(=O)Nc2ccc3c(c2)OC(C)(F)OC3(F)F)n(C)c1=O. The lowest BCUT2D eigenvalue weighted by Crippen LogP contribution is -2.42. The Morgan fingerprint density at radius 1 is 1.19 bits per heavy atom. The third kappa shape index (κ3) is 3.46. The van der Waals surface area contributed by atoms with Crippen LogP contribution in [0.25, 0.3) is 11.2 Å². The molecule has 1 unspecified atom stereocenters. The summed E-state index contributed by atoms with van der Waals surface area (Å²) in [5.41, 5.74) is -1.68. The number of alkyl halides is 3. The normalized spacial score (nSPS) is 19.7. The van der Waals surface area contributed by atoms with Crippen molar-refractivity contribution in [2.45, 2.75) is 25.6 Å². The Balaban J connectivity index is 1.61. The van der Waals surface area contributed by atoms with E-state index in [0.717, 1.165) is 16.7 Å². The average molecular weight is 439 g/mol. The second kappa shape index (κ2) is 6.70. The molecule has 0 radical (unpaired) electrons. The number of carbonyl (C=O) groups excluding carboxylic acids is 1. The summed E-state index contributed by atoms with van der Waals surface area (Å²) in [6, 6.07) is 0.104. The Bertz CT molecular complexity index is 1340. The lowest BCUT2D eigenvalue weighted by Gasteiger charge is -2.33. The maximum absolute atomic E-state index is 13.9. The zero-order chi connectivity index (χ0) is 22.7. The number of carbonyl (C=O) groups is 1. The number of benzene rings is 1. The molecule has 31 heavy (non-hydrogen) atoms. The molecule has 13 heteroatoms. The van der Waals surface area contributed by atoms with E-state index in [1.165, 1.54) is 35.6 Å². The fraction of sp³-hybridized carbons (Fsp3) is 0.333. The highest BCUT2D eigenvalue weighted by atomic mass is 19.3. The topological polar surface area (TPSA) is 109 Å². The number of aryl methyl sites for hydroxylation is 1. The minimum atomic E-state index is -3.91. The molecular formula is C18H16F3N5O5. The van der Waals surface area contributed by atoms with Gasteiger partial charge in [-0.15, -0.1) is 0 Å². The number of amides is 1. The molecule has 0 fully saturated rings. The number of imidazole rings is 1. The Kier molecular flexibility index (Phi) is 4.46. The lowest BCUT2D eigenvalue weighted by molar-refractivity contribution is -0.405. The lowest BCUT2D eigenvalue weighted by atomic mass is 10.1. The van der Waals surface area contributed by atoms with Gasteiger partial charge in [-0.2, -0.15) is 13.2 Å². The molecule has 3 aromatic rings. The molecule has 0 saturated carbocycles. The first kappa shape index (κ1) is 20.7. The van der Waals surface area contributed by atoms with Gasteiger partial charge in [-0.05, 0) is 12.1 Å². The van der Waals surface area contributed by atoms with Crippen LogP contribution in [0.4, 0.5) is 18.9 Å². The molecule has 1 aliphatic heterocycles. The number of hydrogen-bond donors (Lipinski definition) is 1. The molecule has 0 aliphatic carbocycles. The van der Waals surface area contributed by atoms with Gasteiger partial charge in [0.05, 0.1) is 11.9 Å². The van der Waals surface area contributed by atoms with Crippen LogP contribution in [-0.4, -0.2) is 30.6 Å². The van der Waals surface area contributed by atoms with E-state index in [1.807, 2.05) is 0 Å². The second-order valence-corrected chi connectivity index (χ2v) is 7.07. The molecule has 1 aromatic carbocycles. The molecule has 10 nitrogen and oxygen atoms in total. The zero-order valence-electron chi connectivity index (χ0n) is 16.5. The smallest absolute Gasteiger partial charge is 0.391 e. The van der Waals surface area contributed by atoms with Crippen molar-refractivity contribution in [3.05, 3.63) is 50.9 Å². The molecule has 0 bridgehead atoms. The summed E-state index contributed by atoms with van der Waals surface area (Å²) in [6.07, 6.45) is -2.68. The van der Waals surface area contributed by atoms with Crippen LogP contribution >= 0.6 is 0 Å². The zero-order valence-corrected chi connectivity index (χ0v) is 16.5. The number of nitrogens with zero attached hydrogens (tertiary/aromatic N) is 4. The van der Waals surface area contributed by atoms with E-state index in [9.17, 15) is 27.6 Å². The van der Waals surface area contributed by atoms with Crippen LogP contribution in [0, 0.1) is 0 Å². The van der Waals surface area contributed by atoms with Gasteiger partial charge in [-0.3, -0.25) is 18.7 Å². The number of anilines is 1. The Hall–Kier alpha value is -3.61. The monoisotopic (exact) mass is 439 g/mol. The van der Waals surface area contributed by atoms with Crippen molar-refractivity contribution < 1.29 is 27.4 Å². The third-order valence-corrected chi connectivity index (χ3v) is 4.71. The fourth-order valence-electron chi connectivity index (χ4n) is 3.30. The van der Waals surface area contributed by atoms with Gasteiger partial charge >= 0.3 is 17.8 Å². The van der Waals surface area contributed by atoms with Gasteiger partial charge < -0.3 is 14.6 Å². The summed E-state index contributed by atoms with van der Waals surface area (Å²) in [7, 11) is 2.74. The Morgan fingerprint density at radius 2 is 1.90 bits per heavy atom. The van der Waals surface area contributed by atoms with Gasteiger partial charge in [-0.1, -0.05) is 0 Å². The molecule has 2 aromatic heterocycles. The highest BCUT2D eigenvalue weighted by Gasteiger charge is 2.50. The summed E-state index contributed by atoms with van der Waals surface area (Å²) >= 11 is 0.